The summed E-state index contributed by atoms with van der Waals surface area (Å²) < 4.78 is 6.04. The number of benzene rings is 2. The first-order chi connectivity index (χ1) is 9.15. The number of amides is 1. The predicted molar refractivity (Wildman–Crippen MR) is 78.8 cm³/mol. The van der Waals surface area contributed by atoms with E-state index in [0.717, 1.165) is 10.0 Å². The van der Waals surface area contributed by atoms with Crippen LogP contribution in [0.2, 0.25) is 0 Å². The van der Waals surface area contributed by atoms with Gasteiger partial charge in [-0.25, -0.2) is 4.79 Å². The molecule has 0 aliphatic rings. The van der Waals surface area contributed by atoms with Crippen LogP contribution in [0, 0.1) is 0 Å². The van der Waals surface area contributed by atoms with Crippen LogP contribution in [0.1, 0.15) is 5.56 Å². The van der Waals surface area contributed by atoms with Gasteiger partial charge in [-0.1, -0.05) is 40.2 Å². The summed E-state index contributed by atoms with van der Waals surface area (Å²) in [5.74, 6) is 0. The summed E-state index contributed by atoms with van der Waals surface area (Å²) in [4.78, 5) is 11.6. The number of halogens is 1. The van der Waals surface area contributed by atoms with Gasteiger partial charge >= 0.3 is 6.09 Å². The van der Waals surface area contributed by atoms with Gasteiger partial charge in [-0.2, -0.15) is 0 Å². The minimum Gasteiger partial charge on any atom is -0.444 e. The van der Waals surface area contributed by atoms with Crippen molar-refractivity contribution < 1.29 is 9.53 Å². The molecule has 0 aliphatic carbocycles. The minimum absolute atomic E-state index is 0.204. The number of anilines is 2. The molecule has 0 heterocycles. The molecule has 5 heteroatoms. The molecule has 0 aliphatic heterocycles. The van der Waals surface area contributed by atoms with E-state index in [4.69, 9.17) is 10.5 Å². The van der Waals surface area contributed by atoms with Gasteiger partial charge in [-0.05, 0) is 24.3 Å². The molecule has 0 unspecified atom stereocenters. The number of carbonyl (C=O) groups excluding carboxylic acids is 1. The minimum atomic E-state index is -0.513. The molecule has 4 nitrogen and oxygen atoms in total. The van der Waals surface area contributed by atoms with Gasteiger partial charge in [0, 0.05) is 21.4 Å². The first-order valence-corrected chi connectivity index (χ1v) is 6.47. The average Bonchev–Trinajstić information content (AvgIpc) is 2.38. The molecule has 0 aromatic heterocycles. The fourth-order valence-electron chi connectivity index (χ4n) is 1.53. The third-order valence-corrected chi connectivity index (χ3v) is 3.22. The molecule has 2 rings (SSSR count). The van der Waals surface area contributed by atoms with Gasteiger partial charge in [0.1, 0.15) is 6.61 Å². The van der Waals surface area contributed by atoms with Gasteiger partial charge in [0.25, 0.3) is 0 Å². The average molecular weight is 321 g/mol. The Labute approximate surface area is 119 Å². The molecule has 0 radical (unpaired) electrons. The smallest absolute Gasteiger partial charge is 0.411 e. The SMILES string of the molecule is Nc1cccc(NC(=O)OCc2ccccc2Br)c1. The van der Waals surface area contributed by atoms with E-state index in [1.165, 1.54) is 0 Å². The summed E-state index contributed by atoms with van der Waals surface area (Å²) in [6.07, 6.45) is -0.513. The van der Waals surface area contributed by atoms with Crippen LogP contribution >= 0.6 is 15.9 Å². The largest absolute Gasteiger partial charge is 0.444 e. The van der Waals surface area contributed by atoms with Gasteiger partial charge in [-0.3, -0.25) is 5.32 Å². The van der Waals surface area contributed by atoms with E-state index >= 15 is 0 Å². The molecule has 2 aromatic rings. The zero-order valence-corrected chi connectivity index (χ0v) is 11.7. The Morgan fingerprint density at radius 3 is 2.74 bits per heavy atom. The lowest BCUT2D eigenvalue weighted by Crippen LogP contribution is -2.13. The molecule has 1 amide bonds. The van der Waals surface area contributed by atoms with Crippen molar-refractivity contribution in [1.82, 2.24) is 0 Å². The van der Waals surface area contributed by atoms with Crippen molar-refractivity contribution >= 4 is 33.4 Å². The molecule has 0 bridgehead atoms. The molecule has 0 saturated carbocycles. The second kappa shape index (κ2) is 6.24. The van der Waals surface area contributed by atoms with Crippen molar-refractivity contribution in [1.29, 1.82) is 0 Å². The van der Waals surface area contributed by atoms with E-state index in [2.05, 4.69) is 21.2 Å². The lowest BCUT2D eigenvalue weighted by Gasteiger charge is -2.08. The summed E-state index contributed by atoms with van der Waals surface area (Å²) in [7, 11) is 0. The number of hydrogen-bond acceptors (Lipinski definition) is 3. The number of carbonyl (C=O) groups is 1. The first kappa shape index (κ1) is 13.4. The maximum atomic E-state index is 11.6. The molecular weight excluding hydrogens is 308 g/mol. The molecule has 0 atom stereocenters. The van der Waals surface area contributed by atoms with Crippen molar-refractivity contribution in [3.05, 3.63) is 58.6 Å². The van der Waals surface area contributed by atoms with Crippen LogP contribution in [-0.4, -0.2) is 6.09 Å². The van der Waals surface area contributed by atoms with E-state index in [1.54, 1.807) is 24.3 Å². The normalized spacial score (nSPS) is 9.95. The Bertz CT molecular complexity index is 587. The second-order valence-corrected chi connectivity index (χ2v) is 4.77. The highest BCUT2D eigenvalue weighted by atomic mass is 79.9. The molecule has 0 spiro atoms. The molecular formula is C14H13BrN2O2. The van der Waals surface area contributed by atoms with Crippen LogP contribution in [0.4, 0.5) is 16.2 Å². The van der Waals surface area contributed by atoms with Crippen molar-refractivity contribution in [3.8, 4) is 0 Å². The van der Waals surface area contributed by atoms with E-state index in [1.807, 2.05) is 24.3 Å². The maximum absolute atomic E-state index is 11.6. The lowest BCUT2D eigenvalue weighted by molar-refractivity contribution is 0.155. The Balaban J connectivity index is 1.90. The highest BCUT2D eigenvalue weighted by Gasteiger charge is 2.05. The monoisotopic (exact) mass is 320 g/mol. The topological polar surface area (TPSA) is 64.3 Å². The Morgan fingerprint density at radius 1 is 1.21 bits per heavy atom. The van der Waals surface area contributed by atoms with Gasteiger partial charge in [-0.15, -0.1) is 0 Å². The summed E-state index contributed by atoms with van der Waals surface area (Å²) in [5.41, 5.74) is 7.72. The summed E-state index contributed by atoms with van der Waals surface area (Å²) in [5, 5.41) is 2.62. The number of nitrogens with one attached hydrogen (secondary N) is 1. The zero-order valence-electron chi connectivity index (χ0n) is 10.1. The van der Waals surface area contributed by atoms with Crippen LogP contribution in [0.25, 0.3) is 0 Å². The van der Waals surface area contributed by atoms with E-state index in [0.29, 0.717) is 11.4 Å². The zero-order chi connectivity index (χ0) is 13.7. The number of nitrogens with two attached hydrogens (primary N) is 1. The summed E-state index contributed by atoms with van der Waals surface area (Å²) in [6, 6.07) is 14.5. The number of nitrogen functional groups attached to an aromatic ring is 1. The molecule has 0 saturated heterocycles. The van der Waals surface area contributed by atoms with E-state index in [9.17, 15) is 4.79 Å². The molecule has 98 valence electrons. The number of rotatable bonds is 3. The predicted octanol–water partition coefficient (Wildman–Crippen LogP) is 3.78. The van der Waals surface area contributed by atoms with Gasteiger partial charge in [0.2, 0.25) is 0 Å². The van der Waals surface area contributed by atoms with Crippen molar-refractivity contribution in [2.45, 2.75) is 6.61 Å². The molecule has 3 N–H and O–H groups in total. The quantitative estimate of drug-likeness (QED) is 0.846. The summed E-state index contributed by atoms with van der Waals surface area (Å²) >= 11 is 3.39. The highest BCUT2D eigenvalue weighted by molar-refractivity contribution is 9.10. The van der Waals surface area contributed by atoms with Crippen molar-refractivity contribution in [2.24, 2.45) is 0 Å². The fourth-order valence-corrected chi connectivity index (χ4v) is 1.93. The van der Waals surface area contributed by atoms with Crippen LogP contribution < -0.4 is 11.1 Å². The van der Waals surface area contributed by atoms with Crippen LogP contribution in [0.5, 0.6) is 0 Å². The fraction of sp³-hybridized carbons (Fsp3) is 0.0714. The first-order valence-electron chi connectivity index (χ1n) is 5.68. The number of ether oxygens (including phenoxy) is 1. The Morgan fingerprint density at radius 2 is 2.00 bits per heavy atom. The third kappa shape index (κ3) is 3.99. The Hall–Kier alpha value is -2.01. The van der Waals surface area contributed by atoms with Gasteiger partial charge in [0.05, 0.1) is 0 Å². The van der Waals surface area contributed by atoms with Crippen LogP contribution in [0.3, 0.4) is 0 Å². The van der Waals surface area contributed by atoms with Gasteiger partial charge in [0.15, 0.2) is 0 Å². The third-order valence-electron chi connectivity index (χ3n) is 2.45. The van der Waals surface area contributed by atoms with Crippen molar-refractivity contribution in [2.75, 3.05) is 11.1 Å². The lowest BCUT2D eigenvalue weighted by atomic mass is 10.2. The van der Waals surface area contributed by atoms with E-state index < -0.39 is 6.09 Å². The maximum Gasteiger partial charge on any atom is 0.411 e. The number of hydrogen-bond donors (Lipinski definition) is 2. The van der Waals surface area contributed by atoms with Crippen LogP contribution in [-0.2, 0) is 11.3 Å². The Kier molecular flexibility index (Phi) is 4.41. The standard InChI is InChI=1S/C14H13BrN2O2/c15-13-7-2-1-4-10(13)9-19-14(18)17-12-6-3-5-11(16)8-12/h1-8H,9,16H2,(H,17,18). The highest BCUT2D eigenvalue weighted by Crippen LogP contribution is 2.17. The summed E-state index contributed by atoms with van der Waals surface area (Å²) in [6.45, 7) is 0.204. The molecule has 19 heavy (non-hydrogen) atoms. The second-order valence-electron chi connectivity index (χ2n) is 3.92. The van der Waals surface area contributed by atoms with E-state index in [-0.39, 0.29) is 6.61 Å². The van der Waals surface area contributed by atoms with Crippen LogP contribution in [0.15, 0.2) is 53.0 Å². The van der Waals surface area contributed by atoms with Gasteiger partial charge < -0.3 is 10.5 Å². The van der Waals surface area contributed by atoms with Crippen molar-refractivity contribution in [3.63, 3.8) is 0 Å². The molecule has 2 aromatic carbocycles. The molecule has 0 fully saturated rings.